The fraction of sp³-hybridized carbons (Fsp3) is 0.533. The lowest BCUT2D eigenvalue weighted by Gasteiger charge is -2.05. The predicted octanol–water partition coefficient (Wildman–Crippen LogP) is 1.77. The summed E-state index contributed by atoms with van der Waals surface area (Å²) in [5.41, 5.74) is 1.53. The molecular formula is C15H23ClN4O2. The molecule has 2 N–H and O–H groups in total. The van der Waals surface area contributed by atoms with Gasteiger partial charge < -0.3 is 10.6 Å². The summed E-state index contributed by atoms with van der Waals surface area (Å²) in [7, 11) is 0. The zero-order valence-electron chi connectivity index (χ0n) is 13.4. The molecule has 1 heterocycles. The Bertz CT molecular complexity index is 564. The van der Waals surface area contributed by atoms with Crippen LogP contribution in [0, 0.1) is 12.8 Å². The van der Waals surface area contributed by atoms with Crippen LogP contribution in [0.1, 0.15) is 32.0 Å². The Balaban J connectivity index is 2.60. The van der Waals surface area contributed by atoms with Crippen LogP contribution in [-0.4, -0.2) is 34.7 Å². The number of rotatable bonds is 7. The number of hydrogen-bond donors (Lipinski definition) is 2. The van der Waals surface area contributed by atoms with Crippen molar-refractivity contribution in [3.05, 3.63) is 22.5 Å². The summed E-state index contributed by atoms with van der Waals surface area (Å²) in [6, 6.07) is 0. The van der Waals surface area contributed by atoms with Crippen LogP contribution in [0.5, 0.6) is 0 Å². The third-order valence-electron chi connectivity index (χ3n) is 2.85. The van der Waals surface area contributed by atoms with Gasteiger partial charge in [0.05, 0.1) is 5.69 Å². The van der Waals surface area contributed by atoms with Gasteiger partial charge in [-0.05, 0) is 18.9 Å². The second kappa shape index (κ2) is 8.58. The number of hydrogen-bond acceptors (Lipinski definition) is 3. The number of carbonyl (C=O) groups is 2. The van der Waals surface area contributed by atoms with E-state index in [0.29, 0.717) is 24.2 Å². The fourth-order valence-electron chi connectivity index (χ4n) is 1.87. The van der Waals surface area contributed by atoms with Crippen LogP contribution in [0.2, 0.25) is 5.15 Å². The first kappa shape index (κ1) is 18.2. The molecule has 0 fully saturated rings. The van der Waals surface area contributed by atoms with E-state index in [1.54, 1.807) is 10.8 Å². The van der Waals surface area contributed by atoms with Gasteiger partial charge in [-0.25, -0.2) is 0 Å². The average Bonchev–Trinajstić information content (AvgIpc) is 2.66. The lowest BCUT2D eigenvalue weighted by Crippen LogP contribution is -2.32. The van der Waals surface area contributed by atoms with Gasteiger partial charge in [0.1, 0.15) is 5.15 Å². The van der Waals surface area contributed by atoms with Crippen molar-refractivity contribution >= 4 is 29.5 Å². The zero-order valence-corrected chi connectivity index (χ0v) is 14.2. The summed E-state index contributed by atoms with van der Waals surface area (Å²) in [4.78, 5) is 22.4. The third kappa shape index (κ3) is 5.89. The number of carbonyl (C=O) groups excluding carboxylic acids is 2. The summed E-state index contributed by atoms with van der Waals surface area (Å²) in [5.74, 6) is 0.0768. The molecule has 0 atom stereocenters. The van der Waals surface area contributed by atoms with Gasteiger partial charge in [-0.2, -0.15) is 5.10 Å². The van der Waals surface area contributed by atoms with Crippen LogP contribution in [0.4, 0.5) is 0 Å². The van der Waals surface area contributed by atoms with Gasteiger partial charge in [0.25, 0.3) is 0 Å². The highest BCUT2D eigenvalue weighted by Crippen LogP contribution is 2.22. The molecule has 1 aromatic heterocycles. The lowest BCUT2D eigenvalue weighted by atomic mass is 10.2. The van der Waals surface area contributed by atoms with E-state index in [1.807, 2.05) is 6.92 Å². The van der Waals surface area contributed by atoms with E-state index in [9.17, 15) is 9.59 Å². The second-order valence-corrected chi connectivity index (χ2v) is 5.83. The summed E-state index contributed by atoms with van der Waals surface area (Å²) >= 11 is 6.29. The largest absolute Gasteiger partial charge is 0.355 e. The van der Waals surface area contributed by atoms with Crippen LogP contribution >= 0.6 is 11.6 Å². The highest BCUT2D eigenvalue weighted by Gasteiger charge is 2.12. The molecule has 1 aromatic rings. The van der Waals surface area contributed by atoms with Crippen molar-refractivity contribution in [1.29, 1.82) is 0 Å². The van der Waals surface area contributed by atoms with Crippen molar-refractivity contribution in [2.75, 3.05) is 13.1 Å². The van der Waals surface area contributed by atoms with Crippen molar-refractivity contribution in [3.63, 3.8) is 0 Å². The summed E-state index contributed by atoms with van der Waals surface area (Å²) < 4.78 is 1.75. The maximum absolute atomic E-state index is 11.7. The third-order valence-corrected chi connectivity index (χ3v) is 3.25. The van der Waals surface area contributed by atoms with Gasteiger partial charge in [0.15, 0.2) is 0 Å². The number of aromatic nitrogens is 2. The molecule has 7 heteroatoms. The van der Waals surface area contributed by atoms with Gasteiger partial charge in [0.2, 0.25) is 11.8 Å². The maximum atomic E-state index is 11.7. The zero-order chi connectivity index (χ0) is 16.7. The lowest BCUT2D eigenvalue weighted by molar-refractivity contribution is -0.119. The molecule has 2 amide bonds. The Kier molecular flexibility index (Phi) is 7.11. The van der Waals surface area contributed by atoms with E-state index in [-0.39, 0.29) is 11.8 Å². The van der Waals surface area contributed by atoms with Gasteiger partial charge in [-0.15, -0.1) is 0 Å². The monoisotopic (exact) mass is 326 g/mol. The van der Waals surface area contributed by atoms with Crippen molar-refractivity contribution in [2.24, 2.45) is 5.92 Å². The van der Waals surface area contributed by atoms with E-state index in [0.717, 1.165) is 17.8 Å². The molecule has 22 heavy (non-hydrogen) atoms. The van der Waals surface area contributed by atoms with Gasteiger partial charge in [0, 0.05) is 38.2 Å². The Labute approximate surface area is 135 Å². The first-order valence-electron chi connectivity index (χ1n) is 7.24. The van der Waals surface area contributed by atoms with Crippen molar-refractivity contribution < 1.29 is 9.59 Å². The van der Waals surface area contributed by atoms with E-state index >= 15 is 0 Å². The quantitative estimate of drug-likeness (QED) is 0.592. The molecular weight excluding hydrogens is 304 g/mol. The SMILES string of the molecule is CC(=O)NCCNC(=O)/C=C/c1c(C)nn(CC(C)C)c1Cl. The van der Waals surface area contributed by atoms with Crippen LogP contribution in [0.3, 0.4) is 0 Å². The Hall–Kier alpha value is -1.82. The highest BCUT2D eigenvalue weighted by molar-refractivity contribution is 6.31. The normalized spacial score (nSPS) is 11.2. The van der Waals surface area contributed by atoms with Crippen molar-refractivity contribution in [2.45, 2.75) is 34.2 Å². The smallest absolute Gasteiger partial charge is 0.244 e. The molecule has 0 aliphatic rings. The molecule has 0 aliphatic heterocycles. The number of nitrogens with zero attached hydrogens (tertiary/aromatic N) is 2. The first-order chi connectivity index (χ1) is 10.3. The minimum atomic E-state index is -0.238. The van der Waals surface area contributed by atoms with Gasteiger partial charge in [-0.3, -0.25) is 14.3 Å². The molecule has 0 saturated carbocycles. The molecule has 0 spiro atoms. The molecule has 1 rings (SSSR count). The van der Waals surface area contributed by atoms with Gasteiger partial charge in [-0.1, -0.05) is 25.4 Å². The molecule has 0 aliphatic carbocycles. The number of amides is 2. The molecule has 0 bridgehead atoms. The first-order valence-corrected chi connectivity index (χ1v) is 7.62. The van der Waals surface area contributed by atoms with Crippen LogP contribution in [-0.2, 0) is 16.1 Å². The van der Waals surface area contributed by atoms with E-state index in [2.05, 4.69) is 29.6 Å². The van der Waals surface area contributed by atoms with Crippen LogP contribution in [0.15, 0.2) is 6.08 Å². The number of nitrogens with one attached hydrogen (secondary N) is 2. The summed E-state index contributed by atoms with van der Waals surface area (Å²) in [6.45, 7) is 8.98. The second-order valence-electron chi connectivity index (χ2n) is 5.47. The van der Waals surface area contributed by atoms with Crippen molar-refractivity contribution in [3.8, 4) is 0 Å². The predicted molar refractivity (Wildman–Crippen MR) is 87.5 cm³/mol. The van der Waals surface area contributed by atoms with E-state index in [1.165, 1.54) is 13.0 Å². The molecule has 0 aromatic carbocycles. The standard InChI is InChI=1S/C15H23ClN4O2/c1-10(2)9-20-15(16)13(11(3)19-20)5-6-14(22)18-8-7-17-12(4)21/h5-6,10H,7-9H2,1-4H3,(H,17,21)(H,18,22)/b6-5+. The van der Waals surface area contributed by atoms with Gasteiger partial charge >= 0.3 is 0 Å². The number of halogens is 1. The molecule has 6 nitrogen and oxygen atoms in total. The maximum Gasteiger partial charge on any atom is 0.244 e. The fourth-order valence-corrected chi connectivity index (χ4v) is 2.17. The summed E-state index contributed by atoms with van der Waals surface area (Å²) in [6.07, 6.45) is 3.08. The average molecular weight is 327 g/mol. The Morgan fingerprint density at radius 2 is 1.95 bits per heavy atom. The minimum Gasteiger partial charge on any atom is -0.355 e. The topological polar surface area (TPSA) is 76.0 Å². The highest BCUT2D eigenvalue weighted by atomic mass is 35.5. The van der Waals surface area contributed by atoms with Crippen LogP contribution < -0.4 is 10.6 Å². The van der Waals surface area contributed by atoms with Crippen molar-refractivity contribution in [1.82, 2.24) is 20.4 Å². The molecule has 0 unspecified atom stereocenters. The molecule has 122 valence electrons. The molecule has 0 radical (unpaired) electrons. The Morgan fingerprint density at radius 1 is 1.32 bits per heavy atom. The van der Waals surface area contributed by atoms with E-state index < -0.39 is 0 Å². The van der Waals surface area contributed by atoms with E-state index in [4.69, 9.17) is 11.6 Å². The Morgan fingerprint density at radius 3 is 2.55 bits per heavy atom. The molecule has 0 saturated heterocycles. The number of aryl methyl sites for hydroxylation is 1. The minimum absolute atomic E-state index is 0.121. The van der Waals surface area contributed by atoms with Crippen LogP contribution in [0.25, 0.3) is 6.08 Å². The summed E-state index contributed by atoms with van der Waals surface area (Å²) in [5, 5.41) is 10.2.